The summed E-state index contributed by atoms with van der Waals surface area (Å²) in [7, 11) is -4.67. The zero-order valence-corrected chi connectivity index (χ0v) is 9.50. The van der Waals surface area contributed by atoms with Crippen molar-refractivity contribution in [2.75, 3.05) is 18.1 Å². The van der Waals surface area contributed by atoms with Crippen molar-refractivity contribution in [2.45, 2.75) is 6.10 Å². The number of nitrogens with two attached hydrogens (primary N) is 2. The lowest BCUT2D eigenvalue weighted by molar-refractivity contribution is 0.0962. The van der Waals surface area contributed by atoms with Crippen LogP contribution in [0.3, 0.4) is 0 Å². The number of hydrogen-bond acceptors (Lipinski definition) is 6. The van der Waals surface area contributed by atoms with Gasteiger partial charge in [-0.3, -0.25) is 9.11 Å². The number of aliphatic hydroxyl groups excluding tert-OH is 2. The van der Waals surface area contributed by atoms with Crippen LogP contribution in [0.25, 0.3) is 0 Å². The normalized spacial score (nSPS) is 12.5. The fourth-order valence-electron chi connectivity index (χ4n) is 0.980. The van der Waals surface area contributed by atoms with Crippen LogP contribution in [-0.2, 0) is 10.4 Å². The third-order valence-electron chi connectivity index (χ3n) is 1.64. The molecule has 1 unspecified atom stereocenters. The van der Waals surface area contributed by atoms with Crippen LogP contribution >= 0.6 is 0 Å². The molecule has 1 aromatic carbocycles. The van der Waals surface area contributed by atoms with Crippen LogP contribution in [0.15, 0.2) is 18.2 Å². The van der Waals surface area contributed by atoms with Gasteiger partial charge in [-0.25, -0.2) is 0 Å². The maximum atomic E-state index is 9.25. The summed E-state index contributed by atoms with van der Waals surface area (Å²) >= 11 is 0. The van der Waals surface area contributed by atoms with Gasteiger partial charge in [-0.1, -0.05) is 0 Å². The van der Waals surface area contributed by atoms with E-state index in [2.05, 4.69) is 0 Å². The van der Waals surface area contributed by atoms with Crippen molar-refractivity contribution in [3.8, 4) is 0 Å². The maximum absolute atomic E-state index is 9.25. The standard InChI is InChI=1S/C8H12N2O2.H2O4S/c9-5-1-2-7(10)6(3-5)8(12)4-11;1-5(2,3)4/h1-3,8,11-12H,4,9-10H2;(H2,1,2,3,4). The molecule has 1 aromatic rings. The zero-order valence-electron chi connectivity index (χ0n) is 8.68. The molecule has 0 radical (unpaired) electrons. The summed E-state index contributed by atoms with van der Waals surface area (Å²) in [5.41, 5.74) is 12.4. The second-order valence-electron chi connectivity index (χ2n) is 3.03. The minimum absolute atomic E-state index is 0.354. The second kappa shape index (κ2) is 6.37. The summed E-state index contributed by atoms with van der Waals surface area (Å²) in [5.74, 6) is 0. The molecule has 0 spiro atoms. The molecule has 0 amide bonds. The Balaban J connectivity index is 0.000000437. The molecule has 8 N–H and O–H groups in total. The topological polar surface area (TPSA) is 167 Å². The third kappa shape index (κ3) is 7.49. The molecule has 0 aliphatic heterocycles. The van der Waals surface area contributed by atoms with Gasteiger partial charge in [0.1, 0.15) is 6.10 Å². The predicted molar refractivity (Wildman–Crippen MR) is 61.5 cm³/mol. The Labute approximate surface area is 98.1 Å². The Bertz CT molecular complexity index is 453. The molecule has 0 aliphatic carbocycles. The number of nitrogen functional groups attached to an aromatic ring is 2. The summed E-state index contributed by atoms with van der Waals surface area (Å²) in [6.45, 7) is -0.354. The molecule has 0 bridgehead atoms. The molecule has 0 saturated heterocycles. The van der Waals surface area contributed by atoms with Crippen molar-refractivity contribution < 1.29 is 27.7 Å². The Morgan fingerprint density at radius 1 is 1.24 bits per heavy atom. The fourth-order valence-corrected chi connectivity index (χ4v) is 0.980. The molecule has 98 valence electrons. The number of rotatable bonds is 2. The van der Waals surface area contributed by atoms with Gasteiger partial charge in [-0.15, -0.1) is 0 Å². The van der Waals surface area contributed by atoms with Crippen LogP contribution in [-0.4, -0.2) is 34.3 Å². The lowest BCUT2D eigenvalue weighted by Gasteiger charge is -2.10. The largest absolute Gasteiger partial charge is 0.399 e. The highest BCUT2D eigenvalue weighted by atomic mass is 32.3. The van der Waals surface area contributed by atoms with Gasteiger partial charge in [0.15, 0.2) is 0 Å². The number of hydrogen-bond donors (Lipinski definition) is 6. The van der Waals surface area contributed by atoms with Gasteiger partial charge in [0.25, 0.3) is 0 Å². The van der Waals surface area contributed by atoms with Crippen LogP contribution in [0, 0.1) is 0 Å². The van der Waals surface area contributed by atoms with E-state index in [9.17, 15) is 5.11 Å². The molecule has 17 heavy (non-hydrogen) atoms. The molecule has 0 aromatic heterocycles. The first-order chi connectivity index (χ1) is 7.65. The van der Waals surface area contributed by atoms with E-state index in [4.69, 9.17) is 34.1 Å². The van der Waals surface area contributed by atoms with Gasteiger partial charge in [0.2, 0.25) is 0 Å². The molecule has 0 heterocycles. The van der Waals surface area contributed by atoms with Gasteiger partial charge in [0, 0.05) is 16.9 Å². The van der Waals surface area contributed by atoms with E-state index < -0.39 is 16.5 Å². The van der Waals surface area contributed by atoms with Crippen molar-refractivity contribution in [3.63, 3.8) is 0 Å². The van der Waals surface area contributed by atoms with Gasteiger partial charge >= 0.3 is 10.4 Å². The summed E-state index contributed by atoms with van der Waals surface area (Å²) in [4.78, 5) is 0. The van der Waals surface area contributed by atoms with Crippen molar-refractivity contribution in [1.82, 2.24) is 0 Å². The fraction of sp³-hybridized carbons (Fsp3) is 0.250. The van der Waals surface area contributed by atoms with Crippen LogP contribution < -0.4 is 11.5 Å². The third-order valence-corrected chi connectivity index (χ3v) is 1.64. The Kier molecular flexibility index (Phi) is 5.85. The smallest absolute Gasteiger partial charge is 0.394 e. The SMILES string of the molecule is Nc1ccc(N)c(C(O)CO)c1.O=S(=O)(O)O. The second-order valence-corrected chi connectivity index (χ2v) is 3.93. The lowest BCUT2D eigenvalue weighted by atomic mass is 10.1. The summed E-state index contributed by atoms with van der Waals surface area (Å²) in [6.07, 6.45) is -0.950. The highest BCUT2D eigenvalue weighted by Crippen LogP contribution is 2.22. The molecule has 0 aliphatic rings. The summed E-state index contributed by atoms with van der Waals surface area (Å²) in [5, 5.41) is 17.9. The Morgan fingerprint density at radius 2 is 1.71 bits per heavy atom. The first-order valence-corrected chi connectivity index (χ1v) is 5.68. The van der Waals surface area contributed by atoms with Crippen LogP contribution in [0.5, 0.6) is 0 Å². The number of benzene rings is 1. The molecule has 1 atom stereocenters. The molecular formula is C8H14N2O6S. The van der Waals surface area contributed by atoms with Crippen molar-refractivity contribution in [1.29, 1.82) is 0 Å². The van der Waals surface area contributed by atoms with Crippen LogP contribution in [0.1, 0.15) is 11.7 Å². The van der Waals surface area contributed by atoms with Crippen molar-refractivity contribution in [2.24, 2.45) is 0 Å². The quantitative estimate of drug-likeness (QED) is 0.299. The minimum Gasteiger partial charge on any atom is -0.399 e. The first kappa shape index (κ1) is 15.6. The van der Waals surface area contributed by atoms with Crippen LogP contribution in [0.2, 0.25) is 0 Å². The first-order valence-electron chi connectivity index (χ1n) is 4.29. The molecule has 9 heteroatoms. The highest BCUT2D eigenvalue weighted by Gasteiger charge is 2.09. The molecular weight excluding hydrogens is 252 g/mol. The van der Waals surface area contributed by atoms with E-state index in [1.54, 1.807) is 18.2 Å². The van der Waals surface area contributed by atoms with E-state index in [-0.39, 0.29) is 6.61 Å². The minimum atomic E-state index is -4.67. The average molecular weight is 266 g/mol. The van der Waals surface area contributed by atoms with Crippen molar-refractivity contribution >= 4 is 21.8 Å². The van der Waals surface area contributed by atoms with Gasteiger partial charge in [-0.2, -0.15) is 8.42 Å². The zero-order chi connectivity index (χ0) is 13.6. The highest BCUT2D eigenvalue weighted by molar-refractivity contribution is 7.79. The van der Waals surface area contributed by atoms with Gasteiger partial charge in [-0.05, 0) is 18.2 Å². The Morgan fingerprint density at radius 3 is 2.12 bits per heavy atom. The lowest BCUT2D eigenvalue weighted by Crippen LogP contribution is -2.06. The molecule has 8 nitrogen and oxygen atoms in total. The van der Waals surface area contributed by atoms with E-state index in [1.807, 2.05) is 0 Å². The predicted octanol–water partition coefficient (Wildman–Crippen LogP) is -0.776. The van der Waals surface area contributed by atoms with Gasteiger partial charge < -0.3 is 21.7 Å². The molecule has 1 rings (SSSR count). The Hall–Kier alpha value is -1.39. The molecule has 0 fully saturated rings. The number of aliphatic hydroxyl groups is 2. The summed E-state index contributed by atoms with van der Waals surface area (Å²) < 4.78 is 31.6. The maximum Gasteiger partial charge on any atom is 0.394 e. The van der Waals surface area contributed by atoms with E-state index in [0.717, 1.165) is 0 Å². The van der Waals surface area contributed by atoms with Crippen LogP contribution in [0.4, 0.5) is 11.4 Å². The molecule has 0 saturated carbocycles. The van der Waals surface area contributed by atoms with E-state index >= 15 is 0 Å². The number of anilines is 2. The van der Waals surface area contributed by atoms with Gasteiger partial charge in [0.05, 0.1) is 6.61 Å². The monoisotopic (exact) mass is 266 g/mol. The summed E-state index contributed by atoms with van der Waals surface area (Å²) in [6, 6.07) is 4.79. The van der Waals surface area contributed by atoms with E-state index in [1.165, 1.54) is 0 Å². The average Bonchev–Trinajstić information content (AvgIpc) is 2.18. The van der Waals surface area contributed by atoms with E-state index in [0.29, 0.717) is 16.9 Å². The van der Waals surface area contributed by atoms with Crippen molar-refractivity contribution in [3.05, 3.63) is 23.8 Å².